The van der Waals surface area contributed by atoms with Gasteiger partial charge in [0.05, 0.1) is 37.0 Å². The number of rotatable bonds is 6. The molecule has 3 aliphatic rings. The van der Waals surface area contributed by atoms with Gasteiger partial charge in [-0.05, 0) is 69.3 Å². The molecule has 6 atom stereocenters. The summed E-state index contributed by atoms with van der Waals surface area (Å²) in [6.07, 6.45) is 0.653. The molecule has 9 N–H and O–H groups in total. The van der Waals surface area contributed by atoms with E-state index in [0.717, 1.165) is 17.1 Å². The van der Waals surface area contributed by atoms with Crippen LogP contribution in [0.4, 0.5) is 17.1 Å². The van der Waals surface area contributed by atoms with Crippen LogP contribution in [0.1, 0.15) is 97.5 Å². The zero-order chi connectivity index (χ0) is 35.0. The Bertz CT molecular complexity index is 1330. The fourth-order valence-electron chi connectivity index (χ4n) is 5.83. The van der Waals surface area contributed by atoms with Gasteiger partial charge >= 0.3 is 0 Å². The van der Waals surface area contributed by atoms with Crippen LogP contribution in [-0.4, -0.2) is 18.5 Å². The number of nitrogens with one attached hydrogen (secondary N) is 9. The van der Waals surface area contributed by atoms with Crippen LogP contribution in [0.15, 0.2) is 72.8 Å². The third kappa shape index (κ3) is 8.97. The fourth-order valence-corrected chi connectivity index (χ4v) is 8.62. The minimum atomic E-state index is 0.0381. The minimum Gasteiger partial charge on any atom is -0.311 e. The van der Waals surface area contributed by atoms with E-state index >= 15 is 0 Å². The highest BCUT2D eigenvalue weighted by Gasteiger charge is 2.33. The average Bonchev–Trinajstić information content (AvgIpc) is 3.08. The second-order valence-corrected chi connectivity index (χ2v) is 18.3. The Hall–Kier alpha value is -1.85. The van der Waals surface area contributed by atoms with E-state index in [4.69, 9.17) is 0 Å². The number of hydrogen-bond acceptors (Lipinski definition) is 13. The highest BCUT2D eigenvalue weighted by atomic mass is 32.2. The topological polar surface area (TPSA) is 112 Å². The van der Waals surface area contributed by atoms with Gasteiger partial charge in [0.25, 0.3) is 0 Å². The summed E-state index contributed by atoms with van der Waals surface area (Å²) in [5.41, 5.74) is 7.13. The van der Waals surface area contributed by atoms with Crippen LogP contribution in [0, 0.1) is 16.2 Å². The first-order chi connectivity index (χ1) is 23.2. The molecule has 0 bridgehead atoms. The fraction of sp³-hybridized carbons (Fsp3) is 0.500. The van der Waals surface area contributed by atoms with E-state index in [1.54, 1.807) is 36.4 Å². The lowest BCUT2D eigenvalue weighted by Gasteiger charge is -2.39. The van der Waals surface area contributed by atoms with Gasteiger partial charge in [-0.2, -0.15) is 0 Å². The summed E-state index contributed by atoms with van der Waals surface area (Å²) >= 11 is 4.68. The summed E-state index contributed by atoms with van der Waals surface area (Å²) in [5, 5.41) is 11.2. The molecule has 13 heteroatoms. The molecule has 3 fully saturated rings. The lowest BCUT2D eigenvalue weighted by Crippen LogP contribution is -2.56. The highest BCUT2D eigenvalue weighted by molar-refractivity contribution is 7.95. The van der Waals surface area contributed by atoms with Crippen molar-refractivity contribution >= 4 is 53.5 Å². The summed E-state index contributed by atoms with van der Waals surface area (Å²) in [7, 11) is 0. The van der Waals surface area contributed by atoms with Gasteiger partial charge in [-0.1, -0.05) is 98.7 Å². The van der Waals surface area contributed by atoms with E-state index in [-0.39, 0.29) is 53.2 Å². The lowest BCUT2D eigenvalue weighted by molar-refractivity contribution is 0.223. The summed E-state index contributed by atoms with van der Waals surface area (Å²) in [4.78, 5) is 2.33. The zero-order valence-corrected chi connectivity index (χ0v) is 32.5. The van der Waals surface area contributed by atoms with E-state index in [2.05, 4.69) is 184 Å². The van der Waals surface area contributed by atoms with Gasteiger partial charge in [0.2, 0.25) is 0 Å². The quantitative estimate of drug-likeness (QED) is 0.119. The van der Waals surface area contributed by atoms with Gasteiger partial charge in [0, 0.05) is 53.5 Å². The molecule has 6 rings (SSSR count). The molecule has 0 saturated carbocycles. The molecular formula is C36H54N10S3. The summed E-state index contributed by atoms with van der Waals surface area (Å²) in [5.74, 6) is 0. The first kappa shape index (κ1) is 36.9. The molecule has 0 aromatic heterocycles. The Morgan fingerprint density at radius 1 is 0.388 bits per heavy atom. The minimum absolute atomic E-state index is 0.0381. The van der Waals surface area contributed by atoms with Crippen LogP contribution in [0.3, 0.4) is 0 Å². The maximum absolute atomic E-state index is 3.73. The number of nitrogens with zero attached hydrogens (tertiary/aromatic N) is 1. The van der Waals surface area contributed by atoms with Crippen LogP contribution in [0.25, 0.3) is 0 Å². The van der Waals surface area contributed by atoms with Crippen molar-refractivity contribution in [2.24, 2.45) is 16.2 Å². The molecule has 3 saturated heterocycles. The van der Waals surface area contributed by atoms with Crippen LogP contribution < -0.4 is 49.2 Å². The Morgan fingerprint density at radius 3 is 0.857 bits per heavy atom. The molecule has 0 spiro atoms. The van der Waals surface area contributed by atoms with Gasteiger partial charge in [-0.25, -0.2) is 28.3 Å². The molecular weight excluding hydrogens is 669 g/mol. The number of anilines is 3. The van der Waals surface area contributed by atoms with Crippen molar-refractivity contribution in [3.05, 3.63) is 89.5 Å². The van der Waals surface area contributed by atoms with Gasteiger partial charge in [-0.3, -0.25) is 16.0 Å². The van der Waals surface area contributed by atoms with E-state index < -0.39 is 0 Å². The molecule has 49 heavy (non-hydrogen) atoms. The normalized spacial score (nSPS) is 27.1. The smallest absolute Gasteiger partial charge is 0.0950 e. The van der Waals surface area contributed by atoms with Gasteiger partial charge in [0.1, 0.15) is 0 Å². The van der Waals surface area contributed by atoms with Crippen LogP contribution in [0.2, 0.25) is 0 Å². The average molecular weight is 723 g/mol. The Kier molecular flexibility index (Phi) is 11.3. The van der Waals surface area contributed by atoms with E-state index in [1.807, 2.05) is 0 Å². The van der Waals surface area contributed by atoms with Gasteiger partial charge < -0.3 is 4.90 Å². The molecule has 3 aromatic carbocycles. The Labute approximate surface area is 306 Å². The van der Waals surface area contributed by atoms with Crippen molar-refractivity contribution in [1.29, 1.82) is 0 Å². The largest absolute Gasteiger partial charge is 0.311 e. The SMILES string of the molecule is CC(C)(C)C1NSNC(c2ccc(N(c3ccc(C4NSNC(C(C)(C)C)N4)cc3)c3ccc(C4NSNC(C(C)(C)C)N4)cc3)cc2)N1. The first-order valence-electron chi connectivity index (χ1n) is 17.1. The monoisotopic (exact) mass is 722 g/mol. The zero-order valence-electron chi connectivity index (χ0n) is 30.1. The predicted octanol–water partition coefficient (Wildman–Crippen LogP) is 7.31. The molecule has 10 nitrogen and oxygen atoms in total. The maximum atomic E-state index is 3.73. The maximum Gasteiger partial charge on any atom is 0.0950 e. The molecule has 0 radical (unpaired) electrons. The van der Waals surface area contributed by atoms with Gasteiger partial charge in [0.15, 0.2) is 0 Å². The number of hydrogen-bond donors (Lipinski definition) is 9. The van der Waals surface area contributed by atoms with Crippen molar-refractivity contribution < 1.29 is 0 Å². The van der Waals surface area contributed by atoms with Crippen LogP contribution in [-0.2, 0) is 0 Å². The van der Waals surface area contributed by atoms with Crippen molar-refractivity contribution in [1.82, 2.24) is 44.3 Å². The third-order valence-electron chi connectivity index (χ3n) is 9.11. The molecule has 3 aromatic rings. The van der Waals surface area contributed by atoms with Crippen LogP contribution >= 0.6 is 36.4 Å². The Balaban J connectivity index is 1.27. The molecule has 0 amide bonds. The molecule has 6 unspecified atom stereocenters. The second-order valence-electron chi connectivity index (χ2n) is 16.3. The second kappa shape index (κ2) is 15.0. The van der Waals surface area contributed by atoms with Gasteiger partial charge in [-0.15, -0.1) is 0 Å². The Morgan fingerprint density at radius 2 is 0.633 bits per heavy atom. The summed E-state index contributed by atoms with van der Waals surface area (Å²) < 4.78 is 20.9. The number of benzene rings is 3. The third-order valence-corrected chi connectivity index (χ3v) is 11.2. The van der Waals surface area contributed by atoms with Crippen molar-refractivity contribution in [2.75, 3.05) is 4.90 Å². The van der Waals surface area contributed by atoms with Crippen molar-refractivity contribution in [2.45, 2.75) is 99.3 Å². The van der Waals surface area contributed by atoms with E-state index in [0.29, 0.717) is 0 Å². The summed E-state index contributed by atoms with van der Waals surface area (Å²) in [6, 6.07) is 26.7. The standard InChI is InChI=1S/C36H54N10S3/c1-34(2,3)31-37-28(40-47-43-31)22-10-16-25(17-11-22)46(26-18-12-23(13-19-26)29-38-32(35(4,5)6)44-48-41-29)27-20-14-24(15-21-27)30-39-33(36(7,8)9)45-49-42-30/h10-21,28-33,37-45H,1-9H3. The highest BCUT2D eigenvalue weighted by Crippen LogP contribution is 2.37. The summed E-state index contributed by atoms with van der Waals surface area (Å²) in [6.45, 7) is 20.2. The molecule has 3 aliphatic heterocycles. The molecule has 3 heterocycles. The molecule has 266 valence electrons. The van der Waals surface area contributed by atoms with Crippen molar-refractivity contribution in [3.8, 4) is 0 Å². The first-order valence-corrected chi connectivity index (χ1v) is 19.5. The van der Waals surface area contributed by atoms with Crippen LogP contribution in [0.5, 0.6) is 0 Å². The van der Waals surface area contributed by atoms with E-state index in [1.165, 1.54) is 16.7 Å². The van der Waals surface area contributed by atoms with E-state index in [9.17, 15) is 0 Å². The predicted molar refractivity (Wildman–Crippen MR) is 210 cm³/mol. The molecule has 0 aliphatic carbocycles. The lowest BCUT2D eigenvalue weighted by atomic mass is 9.92. The van der Waals surface area contributed by atoms with Crippen molar-refractivity contribution in [3.63, 3.8) is 0 Å².